The van der Waals surface area contributed by atoms with Gasteiger partial charge in [0.15, 0.2) is 5.13 Å². The summed E-state index contributed by atoms with van der Waals surface area (Å²) in [5.41, 5.74) is 3.32. The Balaban J connectivity index is 1.38. The highest BCUT2D eigenvalue weighted by Gasteiger charge is 2.11. The lowest BCUT2D eigenvalue weighted by atomic mass is 10.1. The van der Waals surface area contributed by atoms with Crippen molar-refractivity contribution in [2.45, 2.75) is 0 Å². The highest BCUT2D eigenvalue weighted by molar-refractivity contribution is 7.22. The first-order valence-electron chi connectivity index (χ1n) is 10.5. The second-order valence-corrected chi connectivity index (χ2v) is 8.96. The largest absolute Gasteiger partial charge is 0.417 e. The molecule has 0 spiro atoms. The van der Waals surface area contributed by atoms with Crippen molar-refractivity contribution >= 4 is 38.5 Å². The first-order chi connectivity index (χ1) is 15.9. The van der Waals surface area contributed by atoms with Crippen LogP contribution in [0.4, 0.5) is 20.0 Å². The Morgan fingerprint density at radius 1 is 0.970 bits per heavy atom. The van der Waals surface area contributed by atoms with Crippen LogP contribution in [-0.4, -0.2) is 50.2 Å². The van der Waals surface area contributed by atoms with Crippen molar-refractivity contribution in [2.24, 2.45) is 0 Å². The summed E-state index contributed by atoms with van der Waals surface area (Å²) in [5, 5.41) is 3.71. The molecule has 4 aromatic rings. The Kier molecular flexibility index (Phi) is 6.86. The predicted molar refractivity (Wildman–Crippen MR) is 133 cm³/mol. The molecule has 170 valence electrons. The molecule has 0 atom stereocenters. The molecule has 8 heteroatoms. The summed E-state index contributed by atoms with van der Waals surface area (Å²) in [5.74, 6) is 0.140. The minimum absolute atomic E-state index is 0.278. The average molecular weight is 465 g/mol. The van der Waals surface area contributed by atoms with Crippen molar-refractivity contribution in [1.29, 1.82) is 0 Å². The van der Waals surface area contributed by atoms with Crippen LogP contribution in [0.1, 0.15) is 0 Å². The summed E-state index contributed by atoms with van der Waals surface area (Å²) in [7, 11) is 6.12. The Morgan fingerprint density at radius 2 is 1.64 bits per heavy atom. The van der Waals surface area contributed by atoms with Gasteiger partial charge in [-0.2, -0.15) is 0 Å². The van der Waals surface area contributed by atoms with Crippen LogP contribution < -0.4 is 15.0 Å². The molecule has 0 unspecified atom stereocenters. The van der Waals surface area contributed by atoms with Gasteiger partial charge in [0.2, 0.25) is 0 Å². The molecular weight excluding hydrogens is 439 g/mol. The van der Waals surface area contributed by atoms with Gasteiger partial charge in [-0.05, 0) is 67.7 Å². The highest BCUT2D eigenvalue weighted by atomic mass is 32.1. The van der Waals surface area contributed by atoms with Crippen LogP contribution in [0.5, 0.6) is 5.75 Å². The van der Waals surface area contributed by atoms with E-state index in [9.17, 15) is 9.18 Å². The van der Waals surface area contributed by atoms with Gasteiger partial charge in [0.25, 0.3) is 0 Å². The molecule has 0 bridgehead atoms. The maximum Gasteiger partial charge on any atom is 0.417 e. The molecule has 1 aromatic heterocycles. The summed E-state index contributed by atoms with van der Waals surface area (Å²) in [4.78, 5) is 21.3. The van der Waals surface area contributed by atoms with E-state index in [2.05, 4.69) is 20.1 Å². The molecule has 1 amide bonds. The number of fused-ring (bicyclic) bond motifs is 1. The van der Waals surface area contributed by atoms with Crippen LogP contribution in [-0.2, 0) is 0 Å². The number of carbonyl (C=O) groups excluding carboxylic acids is 1. The van der Waals surface area contributed by atoms with E-state index in [-0.39, 0.29) is 5.82 Å². The van der Waals surface area contributed by atoms with Crippen molar-refractivity contribution in [3.8, 4) is 16.9 Å². The molecule has 1 heterocycles. The molecular formula is C25H25FN4O2S. The number of amides is 1. The molecule has 0 aliphatic heterocycles. The van der Waals surface area contributed by atoms with Gasteiger partial charge < -0.3 is 14.5 Å². The van der Waals surface area contributed by atoms with Crippen molar-refractivity contribution in [2.75, 3.05) is 44.4 Å². The van der Waals surface area contributed by atoms with E-state index in [1.165, 1.54) is 12.1 Å². The molecule has 33 heavy (non-hydrogen) atoms. The molecule has 3 aromatic carbocycles. The quantitative estimate of drug-likeness (QED) is 0.380. The van der Waals surface area contributed by atoms with E-state index in [1.807, 2.05) is 51.5 Å². The van der Waals surface area contributed by atoms with E-state index in [1.54, 1.807) is 35.6 Å². The number of carbonyl (C=O) groups is 1. The Labute approximate surface area is 196 Å². The summed E-state index contributed by atoms with van der Waals surface area (Å²) >= 11 is 1.58. The molecule has 0 aliphatic rings. The number of likely N-dealkylation sites (N-methyl/N-ethyl adjacent to an activating group) is 2. The fourth-order valence-electron chi connectivity index (χ4n) is 3.21. The van der Waals surface area contributed by atoms with Crippen molar-refractivity contribution in [3.63, 3.8) is 0 Å². The number of halogens is 1. The first kappa shape index (κ1) is 22.7. The normalized spacial score (nSPS) is 11.1. The topological polar surface area (TPSA) is 57.7 Å². The van der Waals surface area contributed by atoms with Crippen molar-refractivity contribution in [1.82, 2.24) is 9.88 Å². The van der Waals surface area contributed by atoms with Gasteiger partial charge in [-0.3, -0.25) is 5.32 Å². The third kappa shape index (κ3) is 5.85. The van der Waals surface area contributed by atoms with Gasteiger partial charge in [-0.25, -0.2) is 14.2 Å². The van der Waals surface area contributed by atoms with Gasteiger partial charge in [0, 0.05) is 25.8 Å². The third-order valence-electron chi connectivity index (χ3n) is 5.08. The lowest BCUT2D eigenvalue weighted by molar-refractivity contribution is 0.215. The number of aromatic nitrogens is 1. The van der Waals surface area contributed by atoms with Gasteiger partial charge in [-0.1, -0.05) is 35.6 Å². The molecule has 0 aliphatic carbocycles. The Hall–Kier alpha value is -3.49. The van der Waals surface area contributed by atoms with Crippen LogP contribution in [0.2, 0.25) is 0 Å². The van der Waals surface area contributed by atoms with Crippen LogP contribution in [0.3, 0.4) is 0 Å². The fraction of sp³-hybridized carbons (Fsp3) is 0.200. The number of nitrogens with zero attached hydrogens (tertiary/aromatic N) is 3. The first-order valence-corrected chi connectivity index (χ1v) is 11.3. The van der Waals surface area contributed by atoms with Crippen LogP contribution in [0, 0.1) is 5.82 Å². The monoisotopic (exact) mass is 464 g/mol. The predicted octanol–water partition coefficient (Wildman–Crippen LogP) is 5.71. The zero-order chi connectivity index (χ0) is 23.4. The van der Waals surface area contributed by atoms with E-state index in [4.69, 9.17) is 4.74 Å². The van der Waals surface area contributed by atoms with Crippen LogP contribution in [0.25, 0.3) is 21.3 Å². The molecule has 0 saturated carbocycles. The van der Waals surface area contributed by atoms with Crippen molar-refractivity contribution < 1.29 is 13.9 Å². The number of rotatable bonds is 7. The van der Waals surface area contributed by atoms with E-state index in [0.29, 0.717) is 11.4 Å². The SMILES string of the molecule is CN(C)CCN(C)c1nc2ccc(NC(=O)Oc3ccc(-c4ccc(F)cc4)cc3)cc2s1. The summed E-state index contributed by atoms with van der Waals surface area (Å²) in [6, 6.07) is 18.9. The third-order valence-corrected chi connectivity index (χ3v) is 6.21. The Morgan fingerprint density at radius 3 is 2.30 bits per heavy atom. The second-order valence-electron chi connectivity index (χ2n) is 7.95. The van der Waals surface area contributed by atoms with E-state index in [0.717, 1.165) is 39.6 Å². The maximum absolute atomic E-state index is 13.1. The lowest BCUT2D eigenvalue weighted by Gasteiger charge is -2.18. The van der Waals surface area contributed by atoms with E-state index < -0.39 is 6.09 Å². The highest BCUT2D eigenvalue weighted by Crippen LogP contribution is 2.30. The number of hydrogen-bond acceptors (Lipinski definition) is 6. The van der Waals surface area contributed by atoms with Gasteiger partial charge in [0.1, 0.15) is 11.6 Å². The molecule has 6 nitrogen and oxygen atoms in total. The minimum atomic E-state index is -0.572. The molecule has 1 N–H and O–H groups in total. The summed E-state index contributed by atoms with van der Waals surface area (Å²) in [6.45, 7) is 1.82. The zero-order valence-electron chi connectivity index (χ0n) is 18.7. The number of nitrogens with one attached hydrogen (secondary N) is 1. The van der Waals surface area contributed by atoms with Crippen LogP contribution in [0.15, 0.2) is 66.7 Å². The van der Waals surface area contributed by atoms with Gasteiger partial charge in [-0.15, -0.1) is 0 Å². The number of anilines is 2. The van der Waals surface area contributed by atoms with Crippen LogP contribution >= 0.6 is 11.3 Å². The second kappa shape index (κ2) is 9.97. The van der Waals surface area contributed by atoms with Gasteiger partial charge >= 0.3 is 6.09 Å². The number of thiazole rings is 1. The number of benzene rings is 3. The zero-order valence-corrected chi connectivity index (χ0v) is 19.5. The molecule has 0 saturated heterocycles. The Bertz CT molecular complexity index is 1240. The lowest BCUT2D eigenvalue weighted by Crippen LogP contribution is -2.28. The maximum atomic E-state index is 13.1. The number of hydrogen-bond donors (Lipinski definition) is 1. The molecule has 4 rings (SSSR count). The molecule has 0 fully saturated rings. The standard InChI is InChI=1S/C25H25FN4O2S/c1-29(2)14-15-30(3)24-28-22-13-10-20(16-23(22)33-24)27-25(31)32-21-11-6-18(7-12-21)17-4-8-19(26)9-5-17/h4-13,16H,14-15H2,1-3H3,(H,27,31). The molecule has 0 radical (unpaired) electrons. The van der Waals surface area contributed by atoms with Crippen molar-refractivity contribution in [3.05, 3.63) is 72.5 Å². The smallest absolute Gasteiger partial charge is 0.410 e. The fourth-order valence-corrected chi connectivity index (χ4v) is 4.20. The summed E-state index contributed by atoms with van der Waals surface area (Å²) in [6.07, 6.45) is -0.572. The van der Waals surface area contributed by atoms with Gasteiger partial charge in [0.05, 0.1) is 10.2 Å². The number of ether oxygens (including phenoxy) is 1. The average Bonchev–Trinajstić information content (AvgIpc) is 3.22. The van der Waals surface area contributed by atoms with E-state index >= 15 is 0 Å². The summed E-state index contributed by atoms with van der Waals surface area (Å²) < 4.78 is 19.5. The minimum Gasteiger partial charge on any atom is -0.410 e.